The number of hydrogen-bond donors (Lipinski definition) is 1. The van der Waals surface area contributed by atoms with Crippen LogP contribution in [0.2, 0.25) is 0 Å². The first-order valence-corrected chi connectivity index (χ1v) is 4.40. The highest BCUT2D eigenvalue weighted by molar-refractivity contribution is 7.71. The quantitative estimate of drug-likeness (QED) is 0.457. The molecule has 1 aromatic rings. The fraction of sp³-hybridized carbons (Fsp3) is 0.333. The molecule has 0 saturated heterocycles. The minimum absolute atomic E-state index is 0.00594. The molecule has 0 aliphatic carbocycles. The average Bonchev–Trinajstić information content (AvgIpc) is 2.32. The fourth-order valence-electron chi connectivity index (χ4n) is 1.24. The molecule has 1 heterocycles. The largest absolute Gasteiger partial charge is 0.328 e. The number of rotatable bonds is 3. The van der Waals surface area contributed by atoms with E-state index in [-0.39, 0.29) is 5.78 Å². The molecular weight excluding hydrogens is 184 g/mol. The number of aromatic amines is 1. The van der Waals surface area contributed by atoms with Crippen molar-refractivity contribution < 1.29 is 4.79 Å². The Labute approximate surface area is 82.1 Å². The molecular formula is C9H12N2OS. The van der Waals surface area contributed by atoms with Crippen LogP contribution in [0.25, 0.3) is 0 Å². The van der Waals surface area contributed by atoms with Crippen molar-refractivity contribution in [2.75, 3.05) is 0 Å². The lowest BCUT2D eigenvalue weighted by Crippen LogP contribution is -2.00. The molecule has 1 N–H and O–H groups in total. The smallest absolute Gasteiger partial charge is 0.178 e. The molecule has 0 aliphatic rings. The summed E-state index contributed by atoms with van der Waals surface area (Å²) in [5, 5.41) is 0. The fourth-order valence-corrected chi connectivity index (χ4v) is 1.56. The summed E-state index contributed by atoms with van der Waals surface area (Å²) < 4.78 is 2.42. The first kappa shape index (κ1) is 9.92. The maximum Gasteiger partial charge on any atom is 0.178 e. The number of ketones is 1. The zero-order valence-electron chi connectivity index (χ0n) is 7.76. The maximum absolute atomic E-state index is 11.1. The molecule has 0 bridgehead atoms. The lowest BCUT2D eigenvalue weighted by Gasteiger charge is -2.00. The van der Waals surface area contributed by atoms with Gasteiger partial charge >= 0.3 is 0 Å². The predicted molar refractivity (Wildman–Crippen MR) is 54.6 cm³/mol. The molecule has 0 saturated carbocycles. The number of H-pyrrole nitrogens is 1. The molecule has 0 radical (unpaired) electrons. The van der Waals surface area contributed by atoms with Crippen molar-refractivity contribution in [1.82, 2.24) is 9.55 Å². The molecule has 70 valence electrons. The van der Waals surface area contributed by atoms with Crippen molar-refractivity contribution in [1.29, 1.82) is 0 Å². The van der Waals surface area contributed by atoms with E-state index in [1.807, 2.05) is 11.5 Å². The molecule has 0 unspecified atom stereocenters. The Balaban J connectivity index is 3.30. The van der Waals surface area contributed by atoms with Gasteiger partial charge in [0.05, 0.1) is 0 Å². The summed E-state index contributed by atoms with van der Waals surface area (Å²) >= 11 is 5.05. The Morgan fingerprint density at radius 2 is 2.38 bits per heavy atom. The lowest BCUT2D eigenvalue weighted by molar-refractivity contribution is 0.101. The Bertz CT molecular complexity index is 400. The van der Waals surface area contributed by atoms with E-state index in [1.165, 1.54) is 6.92 Å². The SMILES string of the molecule is C=CCn1c(C)c(C(C)=O)[nH]c1=S. The highest BCUT2D eigenvalue weighted by Crippen LogP contribution is 2.08. The van der Waals surface area contributed by atoms with Crippen LogP contribution < -0.4 is 0 Å². The van der Waals surface area contributed by atoms with Crippen molar-refractivity contribution in [3.8, 4) is 0 Å². The van der Waals surface area contributed by atoms with Gasteiger partial charge in [-0.25, -0.2) is 0 Å². The van der Waals surface area contributed by atoms with E-state index in [1.54, 1.807) is 6.08 Å². The summed E-state index contributed by atoms with van der Waals surface area (Å²) in [5.41, 5.74) is 1.46. The summed E-state index contributed by atoms with van der Waals surface area (Å²) in [6.07, 6.45) is 1.75. The van der Waals surface area contributed by atoms with Crippen LogP contribution in [0.1, 0.15) is 23.1 Å². The van der Waals surface area contributed by atoms with E-state index in [4.69, 9.17) is 12.2 Å². The van der Waals surface area contributed by atoms with E-state index >= 15 is 0 Å². The maximum atomic E-state index is 11.1. The Morgan fingerprint density at radius 1 is 1.77 bits per heavy atom. The van der Waals surface area contributed by atoms with Crippen LogP contribution in [0, 0.1) is 11.7 Å². The number of nitrogens with one attached hydrogen (secondary N) is 1. The van der Waals surface area contributed by atoms with Gasteiger partial charge in [0.2, 0.25) is 0 Å². The highest BCUT2D eigenvalue weighted by Gasteiger charge is 2.09. The van der Waals surface area contributed by atoms with Crippen molar-refractivity contribution in [3.63, 3.8) is 0 Å². The predicted octanol–water partition coefficient (Wildman–Crippen LogP) is 2.24. The van der Waals surface area contributed by atoms with Gasteiger partial charge in [-0.2, -0.15) is 0 Å². The van der Waals surface area contributed by atoms with Crippen LogP contribution in [0.4, 0.5) is 0 Å². The van der Waals surface area contributed by atoms with Crippen molar-refractivity contribution in [2.45, 2.75) is 20.4 Å². The van der Waals surface area contributed by atoms with Gasteiger partial charge < -0.3 is 9.55 Å². The van der Waals surface area contributed by atoms with Gasteiger partial charge in [0, 0.05) is 19.2 Å². The minimum atomic E-state index is 0.00594. The van der Waals surface area contributed by atoms with Crippen LogP contribution in [0.3, 0.4) is 0 Å². The second-order valence-electron chi connectivity index (χ2n) is 2.85. The average molecular weight is 196 g/mol. The molecule has 0 amide bonds. The van der Waals surface area contributed by atoms with E-state index in [2.05, 4.69) is 11.6 Å². The topological polar surface area (TPSA) is 37.8 Å². The molecule has 0 aliphatic heterocycles. The van der Waals surface area contributed by atoms with Crippen molar-refractivity contribution in [2.24, 2.45) is 0 Å². The zero-order valence-corrected chi connectivity index (χ0v) is 8.57. The van der Waals surface area contributed by atoms with Gasteiger partial charge in [-0.3, -0.25) is 4.79 Å². The zero-order chi connectivity index (χ0) is 10.0. The monoisotopic (exact) mass is 196 g/mol. The summed E-state index contributed by atoms with van der Waals surface area (Å²) in [4.78, 5) is 14.0. The number of carbonyl (C=O) groups excluding carboxylic acids is 1. The molecule has 1 aromatic heterocycles. The van der Waals surface area contributed by atoms with Gasteiger partial charge in [0.25, 0.3) is 0 Å². The number of imidazole rings is 1. The first-order valence-electron chi connectivity index (χ1n) is 3.99. The lowest BCUT2D eigenvalue weighted by atomic mass is 10.2. The number of allylic oxidation sites excluding steroid dienone is 1. The molecule has 3 nitrogen and oxygen atoms in total. The van der Waals surface area contributed by atoms with Crippen LogP contribution >= 0.6 is 12.2 Å². The summed E-state index contributed by atoms with van der Waals surface area (Å²) in [7, 11) is 0. The number of carbonyl (C=O) groups is 1. The normalized spacial score (nSPS) is 10.0. The first-order chi connectivity index (χ1) is 6.07. The van der Waals surface area contributed by atoms with Crippen molar-refractivity contribution in [3.05, 3.63) is 28.8 Å². The molecule has 13 heavy (non-hydrogen) atoms. The van der Waals surface area contributed by atoms with E-state index < -0.39 is 0 Å². The van der Waals surface area contributed by atoms with Crippen LogP contribution in [0.15, 0.2) is 12.7 Å². The van der Waals surface area contributed by atoms with Gasteiger partial charge in [-0.1, -0.05) is 6.08 Å². The van der Waals surface area contributed by atoms with E-state index in [0.717, 1.165) is 5.69 Å². The molecule has 0 atom stereocenters. The summed E-state index contributed by atoms with van der Waals surface area (Å²) in [6, 6.07) is 0. The van der Waals surface area contributed by atoms with Gasteiger partial charge in [-0.15, -0.1) is 6.58 Å². The molecule has 1 rings (SSSR count). The summed E-state index contributed by atoms with van der Waals surface area (Å²) in [5.74, 6) is 0.00594. The van der Waals surface area contributed by atoms with Gasteiger partial charge in [0.15, 0.2) is 10.6 Å². The Kier molecular flexibility index (Phi) is 2.83. The molecule has 4 heteroatoms. The Morgan fingerprint density at radius 3 is 2.77 bits per heavy atom. The van der Waals surface area contributed by atoms with Crippen molar-refractivity contribution >= 4 is 18.0 Å². The summed E-state index contributed by atoms with van der Waals surface area (Å²) in [6.45, 7) is 7.65. The van der Waals surface area contributed by atoms with Crippen LogP contribution in [-0.4, -0.2) is 15.3 Å². The number of aromatic nitrogens is 2. The van der Waals surface area contributed by atoms with Gasteiger partial charge in [0.1, 0.15) is 5.69 Å². The minimum Gasteiger partial charge on any atom is -0.328 e. The Hall–Kier alpha value is -1.16. The third kappa shape index (κ3) is 1.78. The van der Waals surface area contributed by atoms with Crippen LogP contribution in [-0.2, 0) is 6.54 Å². The molecule has 0 aromatic carbocycles. The molecule has 0 fully saturated rings. The standard InChI is InChI=1S/C9H12N2OS/c1-4-5-11-6(2)8(7(3)12)10-9(11)13/h4H,1,5H2,2-3H3,(H,10,13). The highest BCUT2D eigenvalue weighted by atomic mass is 32.1. The second kappa shape index (κ2) is 3.70. The molecule has 0 spiro atoms. The third-order valence-electron chi connectivity index (χ3n) is 1.91. The third-order valence-corrected chi connectivity index (χ3v) is 2.23. The van der Waals surface area contributed by atoms with E-state index in [0.29, 0.717) is 17.0 Å². The van der Waals surface area contributed by atoms with Crippen LogP contribution in [0.5, 0.6) is 0 Å². The number of hydrogen-bond acceptors (Lipinski definition) is 2. The van der Waals surface area contributed by atoms with Gasteiger partial charge in [-0.05, 0) is 19.1 Å². The second-order valence-corrected chi connectivity index (χ2v) is 3.23. The number of Topliss-reactive ketones (excluding diaryl/α,β-unsaturated/α-hetero) is 1. The van der Waals surface area contributed by atoms with E-state index in [9.17, 15) is 4.79 Å². The number of nitrogens with zero attached hydrogens (tertiary/aromatic N) is 1.